The van der Waals surface area contributed by atoms with E-state index in [0.29, 0.717) is 5.56 Å². The molecule has 0 amide bonds. The molecule has 2 aromatic carbocycles. The van der Waals surface area contributed by atoms with E-state index in [1.165, 1.54) is 0 Å². The van der Waals surface area contributed by atoms with Crippen molar-refractivity contribution < 1.29 is 10.2 Å². The van der Waals surface area contributed by atoms with Crippen LogP contribution in [0.25, 0.3) is 11.1 Å². The van der Waals surface area contributed by atoms with Crippen molar-refractivity contribution in [1.82, 2.24) is 0 Å². The summed E-state index contributed by atoms with van der Waals surface area (Å²) in [5, 5.41) is 19.8. The third-order valence-corrected chi connectivity index (χ3v) is 2.97. The van der Waals surface area contributed by atoms with Gasteiger partial charge in [0.1, 0.15) is 6.10 Å². The van der Waals surface area contributed by atoms with Crippen LogP contribution in [0, 0.1) is 0 Å². The second-order valence-corrected chi connectivity index (χ2v) is 4.20. The fraction of sp³-hybridized carbons (Fsp3) is 0.200. The normalized spacial score (nSPS) is 14.2. The molecule has 0 aliphatic rings. The Morgan fingerprint density at radius 2 is 1.50 bits per heavy atom. The number of hydrogen-bond acceptors (Lipinski definition) is 3. The topological polar surface area (TPSA) is 66.5 Å². The lowest BCUT2D eigenvalue weighted by Gasteiger charge is -2.19. The Hall–Kier alpha value is -1.68. The van der Waals surface area contributed by atoms with Crippen molar-refractivity contribution in [3.63, 3.8) is 0 Å². The molecule has 0 aliphatic carbocycles. The highest BCUT2D eigenvalue weighted by molar-refractivity contribution is 5.67. The molecule has 0 bridgehead atoms. The highest BCUT2D eigenvalue weighted by Gasteiger charge is 2.19. The van der Waals surface area contributed by atoms with Gasteiger partial charge in [-0.1, -0.05) is 54.6 Å². The molecule has 3 nitrogen and oxygen atoms in total. The van der Waals surface area contributed by atoms with Crippen molar-refractivity contribution in [2.75, 3.05) is 6.54 Å². The molecule has 0 aliphatic heterocycles. The van der Waals surface area contributed by atoms with Crippen LogP contribution in [0.15, 0.2) is 54.6 Å². The van der Waals surface area contributed by atoms with Crippen LogP contribution in [0.5, 0.6) is 0 Å². The molecule has 3 heteroatoms. The zero-order chi connectivity index (χ0) is 13.0. The van der Waals surface area contributed by atoms with Crippen LogP contribution in [0.4, 0.5) is 0 Å². The number of hydrogen-bond donors (Lipinski definition) is 3. The predicted molar refractivity (Wildman–Crippen MR) is 71.9 cm³/mol. The molecule has 0 heterocycles. The zero-order valence-electron chi connectivity index (χ0n) is 10.0. The Bertz CT molecular complexity index is 499. The van der Waals surface area contributed by atoms with Gasteiger partial charge in [-0.05, 0) is 16.7 Å². The molecule has 2 aromatic rings. The van der Waals surface area contributed by atoms with Crippen molar-refractivity contribution in [3.8, 4) is 11.1 Å². The summed E-state index contributed by atoms with van der Waals surface area (Å²) in [6.45, 7) is 0.0320. The van der Waals surface area contributed by atoms with Gasteiger partial charge in [-0.3, -0.25) is 0 Å². The van der Waals surface area contributed by atoms with Gasteiger partial charge in [0.2, 0.25) is 0 Å². The number of rotatable bonds is 4. The number of aliphatic hydroxyl groups excluding tert-OH is 2. The fourth-order valence-electron chi connectivity index (χ4n) is 1.97. The number of benzene rings is 2. The molecule has 0 aromatic heterocycles. The van der Waals surface area contributed by atoms with Gasteiger partial charge in [0, 0.05) is 6.54 Å². The van der Waals surface area contributed by atoms with Crippen LogP contribution in [0.3, 0.4) is 0 Å². The van der Waals surface area contributed by atoms with Crippen molar-refractivity contribution in [3.05, 3.63) is 60.2 Å². The Labute approximate surface area is 107 Å². The molecule has 4 N–H and O–H groups in total. The van der Waals surface area contributed by atoms with E-state index in [2.05, 4.69) is 0 Å². The maximum Gasteiger partial charge on any atom is 0.107 e. The lowest BCUT2D eigenvalue weighted by atomic mass is 9.94. The first-order chi connectivity index (χ1) is 8.74. The summed E-state index contributed by atoms with van der Waals surface area (Å²) in [5.74, 6) is 0. The number of nitrogens with two attached hydrogens (primary N) is 1. The van der Waals surface area contributed by atoms with E-state index < -0.39 is 12.2 Å². The maximum atomic E-state index is 10.1. The van der Waals surface area contributed by atoms with Gasteiger partial charge in [0.25, 0.3) is 0 Å². The van der Waals surface area contributed by atoms with E-state index in [1.54, 1.807) is 0 Å². The predicted octanol–water partition coefficient (Wildman–Crippen LogP) is 1.71. The molecule has 0 radical (unpaired) electrons. The van der Waals surface area contributed by atoms with Crippen molar-refractivity contribution in [2.24, 2.45) is 5.73 Å². The third-order valence-electron chi connectivity index (χ3n) is 2.97. The van der Waals surface area contributed by atoms with E-state index in [0.717, 1.165) is 11.1 Å². The van der Waals surface area contributed by atoms with Crippen LogP contribution in [-0.4, -0.2) is 22.9 Å². The van der Waals surface area contributed by atoms with Gasteiger partial charge in [0.05, 0.1) is 6.10 Å². The first kappa shape index (κ1) is 12.8. The van der Waals surface area contributed by atoms with Gasteiger partial charge >= 0.3 is 0 Å². The Balaban J connectivity index is 2.44. The molecule has 2 rings (SSSR count). The van der Waals surface area contributed by atoms with Crippen LogP contribution >= 0.6 is 0 Å². The average molecular weight is 243 g/mol. The van der Waals surface area contributed by atoms with Crippen LogP contribution in [-0.2, 0) is 0 Å². The molecule has 2 unspecified atom stereocenters. The van der Waals surface area contributed by atoms with Crippen LogP contribution < -0.4 is 5.73 Å². The van der Waals surface area contributed by atoms with Gasteiger partial charge in [-0.2, -0.15) is 0 Å². The lowest BCUT2D eigenvalue weighted by Crippen LogP contribution is -2.27. The van der Waals surface area contributed by atoms with Gasteiger partial charge in [0.15, 0.2) is 0 Å². The largest absolute Gasteiger partial charge is 0.389 e. The van der Waals surface area contributed by atoms with Crippen molar-refractivity contribution in [1.29, 1.82) is 0 Å². The molecule has 0 fully saturated rings. The quantitative estimate of drug-likeness (QED) is 0.765. The van der Waals surface area contributed by atoms with Gasteiger partial charge < -0.3 is 15.9 Å². The van der Waals surface area contributed by atoms with Gasteiger partial charge in [-0.15, -0.1) is 0 Å². The van der Waals surface area contributed by atoms with E-state index in [-0.39, 0.29) is 6.54 Å². The standard InChI is InChI=1S/C15H17NO2/c16-10-14(17)15(18)13-9-5-4-8-12(13)11-6-2-1-3-7-11/h1-9,14-15,17-18H,10,16H2. The monoisotopic (exact) mass is 243 g/mol. The zero-order valence-corrected chi connectivity index (χ0v) is 10.0. The SMILES string of the molecule is NCC(O)C(O)c1ccccc1-c1ccccc1. The highest BCUT2D eigenvalue weighted by Crippen LogP contribution is 2.29. The van der Waals surface area contributed by atoms with E-state index in [1.807, 2.05) is 54.6 Å². The highest BCUT2D eigenvalue weighted by atomic mass is 16.3. The minimum atomic E-state index is -0.966. The molecular formula is C15H17NO2. The maximum absolute atomic E-state index is 10.1. The van der Waals surface area contributed by atoms with Crippen LogP contribution in [0.1, 0.15) is 11.7 Å². The molecular weight excluding hydrogens is 226 g/mol. The minimum Gasteiger partial charge on any atom is -0.389 e. The summed E-state index contributed by atoms with van der Waals surface area (Å²) in [4.78, 5) is 0. The fourth-order valence-corrected chi connectivity index (χ4v) is 1.97. The summed E-state index contributed by atoms with van der Waals surface area (Å²) in [5.41, 5.74) is 8.01. The molecule has 2 atom stereocenters. The first-order valence-electron chi connectivity index (χ1n) is 5.94. The van der Waals surface area contributed by atoms with Crippen molar-refractivity contribution >= 4 is 0 Å². The first-order valence-corrected chi connectivity index (χ1v) is 5.94. The minimum absolute atomic E-state index is 0.0320. The van der Waals surface area contributed by atoms with E-state index in [4.69, 9.17) is 5.73 Å². The Morgan fingerprint density at radius 1 is 0.889 bits per heavy atom. The third kappa shape index (κ3) is 2.59. The smallest absolute Gasteiger partial charge is 0.107 e. The summed E-state index contributed by atoms with van der Waals surface area (Å²) in [7, 11) is 0. The summed E-state index contributed by atoms with van der Waals surface area (Å²) >= 11 is 0. The second kappa shape index (κ2) is 5.78. The summed E-state index contributed by atoms with van der Waals surface area (Å²) in [6, 6.07) is 17.3. The van der Waals surface area contributed by atoms with Crippen molar-refractivity contribution in [2.45, 2.75) is 12.2 Å². The molecule has 0 saturated carbocycles. The summed E-state index contributed by atoms with van der Waals surface area (Å²) in [6.07, 6.45) is -1.92. The molecule has 0 spiro atoms. The van der Waals surface area contributed by atoms with Gasteiger partial charge in [-0.25, -0.2) is 0 Å². The second-order valence-electron chi connectivity index (χ2n) is 4.20. The Kier molecular flexibility index (Phi) is 4.10. The molecule has 0 saturated heterocycles. The van der Waals surface area contributed by atoms with E-state index >= 15 is 0 Å². The van der Waals surface area contributed by atoms with E-state index in [9.17, 15) is 10.2 Å². The molecule has 18 heavy (non-hydrogen) atoms. The number of aliphatic hydroxyl groups is 2. The Morgan fingerprint density at radius 3 is 2.17 bits per heavy atom. The lowest BCUT2D eigenvalue weighted by molar-refractivity contribution is 0.0247. The summed E-state index contributed by atoms with van der Waals surface area (Å²) < 4.78 is 0. The van der Waals surface area contributed by atoms with Crippen LogP contribution in [0.2, 0.25) is 0 Å². The molecule has 94 valence electrons. The average Bonchev–Trinajstić information content (AvgIpc) is 2.46.